The van der Waals surface area contributed by atoms with Crippen molar-refractivity contribution in [2.75, 3.05) is 0 Å². The highest BCUT2D eigenvalue weighted by molar-refractivity contribution is 5.87. The summed E-state index contributed by atoms with van der Waals surface area (Å²) in [6.45, 7) is 4.30. The number of carboxylic acid groups (broad SMARTS) is 1. The van der Waals surface area contributed by atoms with E-state index in [2.05, 4.69) is 6.92 Å². The van der Waals surface area contributed by atoms with E-state index in [4.69, 9.17) is 12.2 Å². The molecule has 0 radical (unpaired) electrons. The van der Waals surface area contributed by atoms with Crippen molar-refractivity contribution in [2.24, 2.45) is 34.5 Å². The number of aliphatic hydroxyl groups is 3. The van der Waals surface area contributed by atoms with Crippen molar-refractivity contribution in [3.05, 3.63) is 0 Å². The van der Waals surface area contributed by atoms with Crippen LogP contribution in [0.15, 0.2) is 0 Å². The van der Waals surface area contributed by atoms with Gasteiger partial charge in [0.2, 0.25) is 0 Å². The molecule has 5 rings (SSSR count). The van der Waals surface area contributed by atoms with Crippen LogP contribution in [-0.2, 0) is 19.1 Å². The zero-order valence-corrected chi connectivity index (χ0v) is 19.4. The van der Waals surface area contributed by atoms with Crippen molar-refractivity contribution in [2.45, 2.75) is 108 Å². The fourth-order valence-corrected chi connectivity index (χ4v) is 8.08. The smallest absolute Gasteiger partial charge is 0.335 e. The van der Waals surface area contributed by atoms with E-state index in [-0.39, 0.29) is 23.2 Å². The summed E-state index contributed by atoms with van der Waals surface area (Å²) >= 11 is 0. The molecule has 186 valence electrons. The molecule has 4 N–H and O–H groups in total. The van der Waals surface area contributed by atoms with E-state index >= 15 is 0 Å². The van der Waals surface area contributed by atoms with Crippen LogP contribution in [0.3, 0.4) is 0 Å². The van der Waals surface area contributed by atoms with E-state index < -0.39 is 48.5 Å². The van der Waals surface area contributed by atoms with Gasteiger partial charge in [-0.1, -0.05) is 13.8 Å². The van der Waals surface area contributed by atoms with Gasteiger partial charge in [0.05, 0.1) is 6.10 Å². The summed E-state index contributed by atoms with van der Waals surface area (Å²) in [6.07, 6.45) is -3.77. The lowest BCUT2D eigenvalue weighted by Gasteiger charge is -2.60. The maximum atomic E-state index is 12.9. The topological polar surface area (TPSA) is 134 Å². The molecule has 5 fully saturated rings. The van der Waals surface area contributed by atoms with Gasteiger partial charge in [0.1, 0.15) is 24.1 Å². The van der Waals surface area contributed by atoms with Gasteiger partial charge in [0, 0.05) is 14.5 Å². The number of carboxylic acids is 1. The Hall–Kier alpha value is -1.06. The van der Waals surface area contributed by atoms with Crippen LogP contribution in [0.2, 0.25) is 0 Å². The first-order chi connectivity index (χ1) is 16.3. The molecule has 33 heavy (non-hydrogen) atoms. The number of ether oxygens (including phenoxy) is 2. The predicted molar refractivity (Wildman–Crippen MR) is 116 cm³/mol. The molecule has 8 heteroatoms. The second-order valence-corrected chi connectivity index (χ2v) is 11.6. The number of hydrogen-bond donors (Lipinski definition) is 4. The summed E-state index contributed by atoms with van der Waals surface area (Å²) in [7, 11) is 0. The Morgan fingerprint density at radius 2 is 1.79 bits per heavy atom. The van der Waals surface area contributed by atoms with Crippen molar-refractivity contribution in [3.8, 4) is 0 Å². The van der Waals surface area contributed by atoms with Crippen molar-refractivity contribution < 1.29 is 42.2 Å². The minimum atomic E-state index is -1.74. The zero-order valence-electron chi connectivity index (χ0n) is 21.4. The van der Waals surface area contributed by atoms with Crippen molar-refractivity contribution in [1.82, 2.24) is 0 Å². The normalized spacial score (nSPS) is 56.7. The number of hydrogen-bond acceptors (Lipinski definition) is 7. The average molecular weight is 469 g/mol. The molecule has 5 aliphatic rings. The maximum absolute atomic E-state index is 12.9. The van der Waals surface area contributed by atoms with Gasteiger partial charge in [-0.05, 0) is 80.5 Å². The van der Waals surface area contributed by atoms with E-state index in [0.717, 1.165) is 38.5 Å². The predicted octanol–water partition coefficient (Wildman–Crippen LogP) is 1.88. The van der Waals surface area contributed by atoms with Crippen molar-refractivity contribution in [1.29, 1.82) is 0 Å². The highest BCUT2D eigenvalue weighted by Gasteiger charge is 2.60. The second-order valence-electron chi connectivity index (χ2n) is 11.6. The van der Waals surface area contributed by atoms with Crippen LogP contribution in [0.5, 0.6) is 0 Å². The largest absolute Gasteiger partial charge is 0.479 e. The van der Waals surface area contributed by atoms with Crippen LogP contribution >= 0.6 is 0 Å². The third kappa shape index (κ3) is 3.59. The summed E-state index contributed by atoms with van der Waals surface area (Å²) in [5, 5.41) is 39.6. The third-order valence-electron chi connectivity index (χ3n) is 10.1. The fraction of sp³-hybridized carbons (Fsp3) is 0.920. The SMILES string of the molecule is [2H]C1([2H])C[C@H]2[C@@H]3CC[C@H]4C[C@H](O[C@@H]5O[C@H](C(=O)O)[C@@H](O)[C@H](O)[C@H]5O)CC[C@]4(C)[C@H]3CC[C@]2(C)C1=O. The summed E-state index contributed by atoms with van der Waals surface area (Å²) in [4.78, 5) is 24.3. The van der Waals surface area contributed by atoms with Crippen LogP contribution in [-0.4, -0.2) is 69.0 Å². The Morgan fingerprint density at radius 1 is 1.03 bits per heavy atom. The molecule has 8 nitrogen and oxygen atoms in total. The number of Topliss-reactive ketones (excluding diaryl/α,β-unsaturated/α-hetero) is 1. The van der Waals surface area contributed by atoms with Gasteiger partial charge >= 0.3 is 5.97 Å². The van der Waals surface area contributed by atoms with Gasteiger partial charge in [-0.2, -0.15) is 0 Å². The molecule has 4 saturated carbocycles. The lowest BCUT2D eigenvalue weighted by Crippen LogP contribution is -2.61. The molecule has 0 bridgehead atoms. The highest BCUT2D eigenvalue weighted by atomic mass is 16.7. The van der Waals surface area contributed by atoms with Gasteiger partial charge in [0.25, 0.3) is 0 Å². The van der Waals surface area contributed by atoms with E-state index in [9.17, 15) is 30.0 Å². The first-order valence-electron chi connectivity index (χ1n) is 13.4. The molecule has 0 unspecified atom stereocenters. The van der Waals surface area contributed by atoms with Crippen molar-refractivity contribution >= 4 is 11.8 Å². The van der Waals surface area contributed by atoms with Crippen molar-refractivity contribution in [3.63, 3.8) is 0 Å². The van der Waals surface area contributed by atoms with Gasteiger partial charge in [-0.15, -0.1) is 0 Å². The molecule has 0 amide bonds. The van der Waals surface area contributed by atoms with Gasteiger partial charge < -0.3 is 29.9 Å². The van der Waals surface area contributed by atoms with Crippen LogP contribution in [0.4, 0.5) is 0 Å². The van der Waals surface area contributed by atoms with Gasteiger partial charge in [0.15, 0.2) is 12.4 Å². The molecular weight excluding hydrogens is 428 g/mol. The average Bonchev–Trinajstić information content (AvgIpc) is 2.99. The van der Waals surface area contributed by atoms with E-state index in [1.165, 1.54) is 0 Å². The lowest BCUT2D eigenvalue weighted by atomic mass is 9.45. The number of rotatable bonds is 3. The number of carbonyl (C=O) groups is 2. The minimum absolute atomic E-state index is 0.0494. The number of aliphatic hydroxyl groups excluding tert-OH is 3. The molecule has 0 aromatic rings. The Labute approximate surface area is 197 Å². The monoisotopic (exact) mass is 468 g/mol. The Morgan fingerprint density at radius 3 is 2.52 bits per heavy atom. The fourth-order valence-electron chi connectivity index (χ4n) is 8.08. The molecule has 1 aliphatic heterocycles. The standard InChI is InChI=1S/C25H38O8/c1-24-9-7-13(32-23-20(29)18(27)19(28)21(33-23)22(30)31)11-12(24)3-4-14-15-5-6-17(26)25(15,2)10-8-16(14)24/h12-16,18-21,23,27-29H,3-11H2,1-2H3,(H,30,31)/t12-,13+,14-,15-,16-,18-,19-,20+,21-,23+,24-,25-/m0/s1/i6D2. The number of ketones is 1. The highest BCUT2D eigenvalue weighted by Crippen LogP contribution is 2.65. The van der Waals surface area contributed by atoms with E-state index in [1.807, 2.05) is 6.92 Å². The Bertz CT molecular complexity index is 884. The summed E-state index contributed by atoms with van der Waals surface area (Å²) in [5.41, 5.74) is -0.511. The molecular formula is C25H38O8. The minimum Gasteiger partial charge on any atom is -0.479 e. The van der Waals surface area contributed by atoms with Crippen LogP contribution in [0.1, 0.15) is 74.3 Å². The maximum Gasteiger partial charge on any atom is 0.335 e. The van der Waals surface area contributed by atoms with E-state index in [1.54, 1.807) is 0 Å². The quantitative estimate of drug-likeness (QED) is 0.462. The van der Waals surface area contributed by atoms with E-state index in [0.29, 0.717) is 30.6 Å². The van der Waals surface area contributed by atoms with Crippen LogP contribution < -0.4 is 0 Å². The Kier molecular flexibility index (Phi) is 5.32. The molecule has 1 heterocycles. The molecule has 4 aliphatic carbocycles. The third-order valence-corrected chi connectivity index (χ3v) is 10.1. The summed E-state index contributed by atoms with van der Waals surface area (Å²) in [5.74, 6) is -0.437. The molecule has 0 aromatic carbocycles. The number of aliphatic carboxylic acids is 1. The molecule has 12 atom stereocenters. The Balaban J connectivity index is 1.28. The lowest BCUT2D eigenvalue weighted by molar-refractivity contribution is -0.309. The second kappa shape index (κ2) is 8.26. The number of carbonyl (C=O) groups excluding carboxylic acids is 1. The summed E-state index contributed by atoms with van der Waals surface area (Å²) < 4.78 is 27.9. The molecule has 0 aromatic heterocycles. The van der Waals surface area contributed by atoms with Crippen LogP contribution in [0.25, 0.3) is 0 Å². The first kappa shape index (κ1) is 21.2. The van der Waals surface area contributed by atoms with Crippen LogP contribution in [0, 0.1) is 34.5 Å². The van der Waals surface area contributed by atoms with Gasteiger partial charge in [-0.25, -0.2) is 4.79 Å². The molecule has 1 saturated heterocycles. The molecule has 0 spiro atoms. The summed E-state index contributed by atoms with van der Waals surface area (Å²) in [6, 6.07) is 0. The van der Waals surface area contributed by atoms with Gasteiger partial charge in [-0.3, -0.25) is 4.79 Å². The first-order valence-corrected chi connectivity index (χ1v) is 12.4. The number of fused-ring (bicyclic) bond motifs is 5. The zero-order chi connectivity index (χ0) is 25.5.